The van der Waals surface area contributed by atoms with Gasteiger partial charge >= 0.3 is 0 Å². The molecule has 0 saturated heterocycles. The van der Waals surface area contributed by atoms with Crippen LogP contribution in [0.15, 0.2) is 0 Å². The molecule has 0 aliphatic rings. The summed E-state index contributed by atoms with van der Waals surface area (Å²) in [4.78, 5) is 4.53. The van der Waals surface area contributed by atoms with E-state index in [1.165, 1.54) is 0 Å². The molecule has 0 saturated carbocycles. The number of hydrogen-bond donors (Lipinski definition) is 0. The van der Waals surface area contributed by atoms with E-state index in [1.807, 2.05) is 0 Å². The summed E-state index contributed by atoms with van der Waals surface area (Å²) in [6.07, 6.45) is 0. The Morgan fingerprint density at radius 1 is 1.00 bits per heavy atom. The number of aromatic nitrogens is 1. The molecule has 6 heteroatoms. The molecule has 0 bridgehead atoms. The Bertz CT molecular complexity index is 343. The molecule has 0 aliphatic heterocycles. The van der Waals surface area contributed by atoms with Gasteiger partial charge in [0.15, 0.2) is 11.6 Å². The Morgan fingerprint density at radius 3 is 1.75 bits per heavy atom. The van der Waals surface area contributed by atoms with Crippen LogP contribution in [0.3, 0.4) is 0 Å². The third-order valence-corrected chi connectivity index (χ3v) is 1.09. The van der Waals surface area contributed by atoms with Gasteiger partial charge in [-0.3, -0.25) is 0 Å². The van der Waals surface area contributed by atoms with Gasteiger partial charge in [0.05, 0.1) is 6.57 Å². The van der Waals surface area contributed by atoms with Crippen molar-refractivity contribution in [2.24, 2.45) is 0 Å². The topological polar surface area (TPSA) is 17.2 Å². The fourth-order valence-corrected chi connectivity index (χ4v) is 0.574. The monoisotopic (exact) mass is 176 g/mol. The molecule has 1 heterocycles. The van der Waals surface area contributed by atoms with Crippen molar-refractivity contribution in [1.82, 2.24) is 4.98 Å². The SMILES string of the molecule is [C-]#[N+]c1c(F)c(F)nc(F)c1F. The van der Waals surface area contributed by atoms with Crippen LogP contribution in [0.1, 0.15) is 0 Å². The second-order valence-electron chi connectivity index (χ2n) is 1.78. The van der Waals surface area contributed by atoms with Crippen molar-refractivity contribution >= 4 is 5.69 Å². The molecule has 0 aromatic carbocycles. The summed E-state index contributed by atoms with van der Waals surface area (Å²) in [5, 5.41) is 0. The quantitative estimate of drug-likeness (QED) is 0.336. The van der Waals surface area contributed by atoms with Crippen LogP contribution in [0.4, 0.5) is 23.2 Å². The first-order valence-corrected chi connectivity index (χ1v) is 2.65. The maximum atomic E-state index is 12.4. The largest absolute Gasteiger partial charge is 0.266 e. The van der Waals surface area contributed by atoms with Gasteiger partial charge in [-0.15, -0.1) is 0 Å². The van der Waals surface area contributed by atoms with Crippen molar-refractivity contribution in [3.63, 3.8) is 0 Å². The lowest BCUT2D eigenvalue weighted by Crippen LogP contribution is -1.98. The van der Waals surface area contributed by atoms with Gasteiger partial charge in [0.25, 0.3) is 5.69 Å². The van der Waals surface area contributed by atoms with Crippen LogP contribution in [-0.2, 0) is 0 Å². The third kappa shape index (κ3) is 1.09. The van der Waals surface area contributed by atoms with Gasteiger partial charge in [-0.2, -0.15) is 13.8 Å². The fraction of sp³-hybridized carbons (Fsp3) is 0. The molecule has 0 fully saturated rings. The molecule has 0 N–H and O–H groups in total. The molecule has 2 nitrogen and oxygen atoms in total. The van der Waals surface area contributed by atoms with Gasteiger partial charge in [-0.05, 0) is 0 Å². The van der Waals surface area contributed by atoms with Crippen molar-refractivity contribution in [3.8, 4) is 0 Å². The third-order valence-electron chi connectivity index (χ3n) is 1.09. The lowest BCUT2D eigenvalue weighted by atomic mass is 10.4. The number of rotatable bonds is 0. The zero-order chi connectivity index (χ0) is 9.30. The maximum absolute atomic E-state index is 12.4. The van der Waals surface area contributed by atoms with Crippen molar-refractivity contribution in [2.75, 3.05) is 0 Å². The number of pyridine rings is 1. The summed E-state index contributed by atoms with van der Waals surface area (Å²) in [5.41, 5.74) is -1.32. The van der Waals surface area contributed by atoms with Crippen LogP contribution in [0.25, 0.3) is 4.85 Å². The standard InChI is InChI=1S/C6F4N2/c1-11-4-2(7)5(9)12-6(10)3(4)8. The molecule has 12 heavy (non-hydrogen) atoms. The zero-order valence-electron chi connectivity index (χ0n) is 5.41. The zero-order valence-corrected chi connectivity index (χ0v) is 5.41. The maximum Gasteiger partial charge on any atom is 0.266 e. The highest BCUT2D eigenvalue weighted by Crippen LogP contribution is 2.24. The predicted molar refractivity (Wildman–Crippen MR) is 30.3 cm³/mol. The average molecular weight is 176 g/mol. The first kappa shape index (κ1) is 8.46. The van der Waals surface area contributed by atoms with Crippen LogP contribution < -0.4 is 0 Å². The van der Waals surface area contributed by atoms with E-state index in [0.717, 1.165) is 0 Å². The summed E-state index contributed by atoms with van der Waals surface area (Å²) in [6, 6.07) is 0. The number of halogens is 4. The van der Waals surface area contributed by atoms with E-state index in [9.17, 15) is 17.6 Å². The second-order valence-corrected chi connectivity index (χ2v) is 1.78. The van der Waals surface area contributed by atoms with E-state index in [-0.39, 0.29) is 0 Å². The fourth-order valence-electron chi connectivity index (χ4n) is 0.574. The lowest BCUT2D eigenvalue weighted by Gasteiger charge is -1.96. The van der Waals surface area contributed by atoms with E-state index in [0.29, 0.717) is 0 Å². The molecule has 1 aromatic heterocycles. The Labute approximate surface area is 64.3 Å². The molecule has 0 aliphatic carbocycles. The number of hydrogen-bond acceptors (Lipinski definition) is 1. The van der Waals surface area contributed by atoms with Crippen molar-refractivity contribution in [3.05, 3.63) is 34.9 Å². The van der Waals surface area contributed by atoms with Crippen LogP contribution in [0.2, 0.25) is 0 Å². The van der Waals surface area contributed by atoms with Gasteiger partial charge < -0.3 is 0 Å². The molecule has 0 radical (unpaired) electrons. The molecule has 0 amide bonds. The van der Waals surface area contributed by atoms with E-state index < -0.39 is 29.2 Å². The van der Waals surface area contributed by atoms with Crippen LogP contribution in [0, 0.1) is 30.1 Å². The second kappa shape index (κ2) is 2.77. The van der Waals surface area contributed by atoms with Crippen molar-refractivity contribution in [2.45, 2.75) is 0 Å². The Hall–Kier alpha value is -1.64. The smallest absolute Gasteiger partial charge is 0.232 e. The van der Waals surface area contributed by atoms with E-state index in [1.54, 1.807) is 0 Å². The van der Waals surface area contributed by atoms with Crippen molar-refractivity contribution in [1.29, 1.82) is 0 Å². The van der Waals surface area contributed by atoms with Gasteiger partial charge in [0.1, 0.15) is 0 Å². The molecule has 1 aromatic rings. The van der Waals surface area contributed by atoms with Gasteiger partial charge in [-0.1, -0.05) is 0 Å². The molecule has 0 spiro atoms. The summed E-state index contributed by atoms with van der Waals surface area (Å²) < 4.78 is 49.1. The van der Waals surface area contributed by atoms with Gasteiger partial charge in [0, 0.05) is 0 Å². The molecule has 1 rings (SSSR count). The Morgan fingerprint density at radius 2 is 1.42 bits per heavy atom. The van der Waals surface area contributed by atoms with E-state index in [2.05, 4.69) is 9.83 Å². The molecule has 0 atom stereocenters. The molecular formula is C6F4N2. The predicted octanol–water partition coefficient (Wildman–Crippen LogP) is 2.19. The van der Waals surface area contributed by atoms with Gasteiger partial charge in [0.2, 0.25) is 11.9 Å². The summed E-state index contributed by atoms with van der Waals surface area (Å²) in [5.74, 6) is -7.19. The lowest BCUT2D eigenvalue weighted by molar-refractivity contribution is 0.413. The first-order valence-electron chi connectivity index (χ1n) is 2.65. The molecule has 0 unspecified atom stereocenters. The minimum absolute atomic E-state index is 1.32. The van der Waals surface area contributed by atoms with E-state index >= 15 is 0 Å². The van der Waals surface area contributed by atoms with Crippen LogP contribution in [-0.4, -0.2) is 4.98 Å². The van der Waals surface area contributed by atoms with Crippen LogP contribution >= 0.6 is 0 Å². The summed E-state index contributed by atoms with van der Waals surface area (Å²) in [7, 11) is 0. The Balaban J connectivity index is 3.56. The minimum atomic E-state index is -1.82. The Kier molecular flexibility index (Phi) is 1.95. The van der Waals surface area contributed by atoms with Crippen molar-refractivity contribution < 1.29 is 17.6 Å². The highest BCUT2D eigenvalue weighted by atomic mass is 19.2. The summed E-state index contributed by atoms with van der Waals surface area (Å²) >= 11 is 0. The average Bonchev–Trinajstić information content (AvgIpc) is 2.02. The highest BCUT2D eigenvalue weighted by Gasteiger charge is 2.20. The highest BCUT2D eigenvalue weighted by molar-refractivity contribution is 5.45. The normalized spacial score (nSPS) is 9.58. The molecule has 62 valence electrons. The van der Waals surface area contributed by atoms with Crippen LogP contribution in [0.5, 0.6) is 0 Å². The first-order chi connectivity index (χ1) is 5.57. The van der Waals surface area contributed by atoms with E-state index in [4.69, 9.17) is 6.57 Å². The molecular weight excluding hydrogens is 176 g/mol. The minimum Gasteiger partial charge on any atom is -0.232 e. The van der Waals surface area contributed by atoms with Gasteiger partial charge in [-0.25, -0.2) is 13.6 Å². The number of nitrogens with zero attached hydrogens (tertiary/aromatic N) is 2. The summed E-state index contributed by atoms with van der Waals surface area (Å²) in [6.45, 7) is 6.20.